The van der Waals surface area contributed by atoms with E-state index in [1.165, 1.54) is 6.08 Å². The molecule has 1 aliphatic rings. The van der Waals surface area contributed by atoms with Gasteiger partial charge in [0.15, 0.2) is 0 Å². The topological polar surface area (TPSA) is 46.5 Å². The molecule has 0 bridgehead atoms. The van der Waals surface area contributed by atoms with Crippen LogP contribution < -0.4 is 0 Å². The van der Waals surface area contributed by atoms with Gasteiger partial charge in [-0.3, -0.25) is 4.79 Å². The van der Waals surface area contributed by atoms with Crippen molar-refractivity contribution in [1.29, 1.82) is 0 Å². The van der Waals surface area contributed by atoms with Crippen molar-refractivity contribution in [3.8, 4) is 0 Å². The molecule has 9 heavy (non-hydrogen) atoms. The van der Waals surface area contributed by atoms with Gasteiger partial charge in [-0.2, -0.15) is 0 Å². The number of aliphatic hydroxyl groups excluding tert-OH is 1. The molecule has 0 aromatic rings. The summed E-state index contributed by atoms with van der Waals surface area (Å²) in [5.41, 5.74) is 0. The van der Waals surface area contributed by atoms with E-state index >= 15 is 0 Å². The molecule has 1 saturated heterocycles. The summed E-state index contributed by atoms with van der Waals surface area (Å²) in [6, 6.07) is 0. The Hall–Kier alpha value is -0.830. The van der Waals surface area contributed by atoms with Crippen LogP contribution in [0.15, 0.2) is 11.8 Å². The van der Waals surface area contributed by atoms with Crippen LogP contribution in [-0.2, 0) is 9.53 Å². The zero-order chi connectivity index (χ0) is 6.69. The number of carbonyl (C=O) groups is 1. The highest BCUT2D eigenvalue weighted by Crippen LogP contribution is 2.15. The number of aldehydes is 1. The van der Waals surface area contributed by atoms with Crippen molar-refractivity contribution < 1.29 is 14.6 Å². The normalized spacial score (nSPS) is 30.3. The number of aliphatic hydroxyl groups is 1. The second-order valence-corrected chi connectivity index (χ2v) is 1.94. The standard InChI is InChI=1S/C6H8O3/c7-2-1-6-3-5(8)4-9-6/h1-2,5,8H,3-4H2. The first kappa shape index (κ1) is 6.29. The SMILES string of the molecule is O=CC=C1CC(O)CO1. The maximum absolute atomic E-state index is 9.83. The molecule has 0 aliphatic carbocycles. The summed E-state index contributed by atoms with van der Waals surface area (Å²) in [5, 5.41) is 8.84. The molecule has 1 unspecified atom stereocenters. The molecule has 1 atom stereocenters. The van der Waals surface area contributed by atoms with Crippen LogP contribution in [0.4, 0.5) is 0 Å². The summed E-state index contributed by atoms with van der Waals surface area (Å²) in [4.78, 5) is 9.83. The van der Waals surface area contributed by atoms with Crippen LogP contribution in [0, 0.1) is 0 Å². The van der Waals surface area contributed by atoms with Gasteiger partial charge in [0.25, 0.3) is 0 Å². The van der Waals surface area contributed by atoms with Crippen molar-refractivity contribution in [2.45, 2.75) is 12.5 Å². The minimum absolute atomic E-state index is 0.319. The van der Waals surface area contributed by atoms with E-state index in [-0.39, 0.29) is 0 Å². The molecule has 1 aliphatic heterocycles. The zero-order valence-corrected chi connectivity index (χ0v) is 4.91. The molecule has 0 amide bonds. The molecule has 0 spiro atoms. The lowest BCUT2D eigenvalue weighted by Crippen LogP contribution is -2.02. The Morgan fingerprint density at radius 3 is 3.00 bits per heavy atom. The van der Waals surface area contributed by atoms with Gasteiger partial charge in [0.2, 0.25) is 0 Å². The Kier molecular flexibility index (Phi) is 1.85. The summed E-state index contributed by atoms with van der Waals surface area (Å²) in [7, 11) is 0. The van der Waals surface area contributed by atoms with E-state index in [9.17, 15) is 4.79 Å². The third kappa shape index (κ3) is 1.54. The Morgan fingerprint density at radius 1 is 1.78 bits per heavy atom. The minimum Gasteiger partial charge on any atom is -0.495 e. The zero-order valence-electron chi connectivity index (χ0n) is 4.91. The summed E-state index contributed by atoms with van der Waals surface area (Å²) < 4.78 is 4.89. The van der Waals surface area contributed by atoms with E-state index in [1.54, 1.807) is 0 Å². The lowest BCUT2D eigenvalue weighted by molar-refractivity contribution is -0.104. The molecule has 0 aromatic heterocycles. The molecule has 0 saturated carbocycles. The Morgan fingerprint density at radius 2 is 2.56 bits per heavy atom. The summed E-state index contributed by atoms with van der Waals surface area (Å²) in [6.07, 6.45) is 2.04. The third-order valence-corrected chi connectivity index (χ3v) is 1.15. The van der Waals surface area contributed by atoms with Gasteiger partial charge >= 0.3 is 0 Å². The summed E-state index contributed by atoms with van der Waals surface area (Å²) >= 11 is 0. The fourth-order valence-electron chi connectivity index (χ4n) is 0.745. The molecular weight excluding hydrogens is 120 g/mol. The van der Waals surface area contributed by atoms with Gasteiger partial charge in [-0.25, -0.2) is 0 Å². The largest absolute Gasteiger partial charge is 0.495 e. The summed E-state index contributed by atoms with van der Waals surface area (Å²) in [5.74, 6) is 0.581. The van der Waals surface area contributed by atoms with Crippen LogP contribution >= 0.6 is 0 Å². The van der Waals surface area contributed by atoms with Crippen molar-refractivity contribution in [1.82, 2.24) is 0 Å². The molecular formula is C6H8O3. The van der Waals surface area contributed by atoms with E-state index in [4.69, 9.17) is 9.84 Å². The molecule has 3 heteroatoms. The van der Waals surface area contributed by atoms with E-state index < -0.39 is 6.10 Å². The molecule has 1 rings (SSSR count). The van der Waals surface area contributed by atoms with Crippen molar-refractivity contribution in [3.63, 3.8) is 0 Å². The first-order valence-corrected chi connectivity index (χ1v) is 2.78. The van der Waals surface area contributed by atoms with Gasteiger partial charge in [-0.05, 0) is 0 Å². The van der Waals surface area contributed by atoms with Gasteiger partial charge in [0.1, 0.15) is 18.7 Å². The second kappa shape index (κ2) is 2.64. The van der Waals surface area contributed by atoms with Crippen molar-refractivity contribution >= 4 is 6.29 Å². The Bertz CT molecular complexity index is 139. The van der Waals surface area contributed by atoms with E-state index in [0.29, 0.717) is 25.1 Å². The number of hydrogen-bond donors (Lipinski definition) is 1. The third-order valence-electron chi connectivity index (χ3n) is 1.15. The predicted molar refractivity (Wildman–Crippen MR) is 30.7 cm³/mol. The Balaban J connectivity index is 2.47. The molecule has 0 radical (unpaired) electrons. The quantitative estimate of drug-likeness (QED) is 0.394. The van der Waals surface area contributed by atoms with E-state index in [0.717, 1.165) is 0 Å². The van der Waals surface area contributed by atoms with E-state index in [1.807, 2.05) is 0 Å². The van der Waals surface area contributed by atoms with Crippen LogP contribution in [0.25, 0.3) is 0 Å². The monoisotopic (exact) mass is 128 g/mol. The molecule has 0 aromatic carbocycles. The number of hydrogen-bond acceptors (Lipinski definition) is 3. The first-order chi connectivity index (χ1) is 4.33. The molecule has 50 valence electrons. The van der Waals surface area contributed by atoms with Crippen molar-refractivity contribution in [2.75, 3.05) is 6.61 Å². The van der Waals surface area contributed by atoms with Crippen LogP contribution in [0.5, 0.6) is 0 Å². The van der Waals surface area contributed by atoms with Gasteiger partial charge in [-0.15, -0.1) is 0 Å². The number of ether oxygens (including phenoxy) is 1. The van der Waals surface area contributed by atoms with Gasteiger partial charge in [0, 0.05) is 12.5 Å². The van der Waals surface area contributed by atoms with Crippen molar-refractivity contribution in [3.05, 3.63) is 11.8 Å². The van der Waals surface area contributed by atoms with Gasteiger partial charge in [0.05, 0.1) is 6.10 Å². The minimum atomic E-state index is -0.420. The van der Waals surface area contributed by atoms with Crippen LogP contribution in [0.3, 0.4) is 0 Å². The lowest BCUT2D eigenvalue weighted by atomic mass is 10.3. The Labute approximate surface area is 52.9 Å². The maximum Gasteiger partial charge on any atom is 0.146 e. The van der Waals surface area contributed by atoms with Gasteiger partial charge in [-0.1, -0.05) is 0 Å². The molecule has 1 heterocycles. The van der Waals surface area contributed by atoms with Crippen molar-refractivity contribution in [2.24, 2.45) is 0 Å². The predicted octanol–water partition coefficient (Wildman–Crippen LogP) is -0.150. The van der Waals surface area contributed by atoms with Crippen LogP contribution in [0.2, 0.25) is 0 Å². The average Bonchev–Trinajstić information content (AvgIpc) is 2.17. The smallest absolute Gasteiger partial charge is 0.146 e. The van der Waals surface area contributed by atoms with Crippen LogP contribution in [0.1, 0.15) is 6.42 Å². The number of carbonyl (C=O) groups excluding carboxylic acids is 1. The number of rotatable bonds is 1. The second-order valence-electron chi connectivity index (χ2n) is 1.94. The van der Waals surface area contributed by atoms with Crippen LogP contribution in [-0.4, -0.2) is 24.1 Å². The fourth-order valence-corrected chi connectivity index (χ4v) is 0.745. The highest BCUT2D eigenvalue weighted by molar-refractivity contribution is 5.65. The molecule has 1 fully saturated rings. The maximum atomic E-state index is 9.83. The number of allylic oxidation sites excluding steroid dienone is 1. The lowest BCUT2D eigenvalue weighted by Gasteiger charge is -1.90. The molecule has 3 nitrogen and oxygen atoms in total. The highest BCUT2D eigenvalue weighted by atomic mass is 16.5. The average molecular weight is 128 g/mol. The van der Waals surface area contributed by atoms with Gasteiger partial charge < -0.3 is 9.84 Å². The van der Waals surface area contributed by atoms with E-state index in [2.05, 4.69) is 0 Å². The first-order valence-electron chi connectivity index (χ1n) is 2.78. The molecule has 1 N–H and O–H groups in total. The fraction of sp³-hybridized carbons (Fsp3) is 0.500. The highest BCUT2D eigenvalue weighted by Gasteiger charge is 2.16. The summed E-state index contributed by atoms with van der Waals surface area (Å²) in [6.45, 7) is 0.319.